The minimum atomic E-state index is -0.488. The normalized spacial score (nSPS) is 16.2. The van der Waals surface area contributed by atoms with Gasteiger partial charge in [-0.05, 0) is 47.2 Å². The van der Waals surface area contributed by atoms with Crippen LogP contribution in [0.25, 0.3) is 6.08 Å². The second-order valence-corrected chi connectivity index (χ2v) is 7.33. The third-order valence-electron chi connectivity index (χ3n) is 3.49. The van der Waals surface area contributed by atoms with Crippen LogP contribution >= 0.6 is 46.6 Å². The number of nitrogens with zero attached hydrogens (tertiary/aromatic N) is 1. The Morgan fingerprint density at radius 1 is 1.08 bits per heavy atom. The average molecular weight is 417 g/mol. The van der Waals surface area contributed by atoms with Gasteiger partial charge in [0.05, 0.1) is 21.5 Å². The maximum absolute atomic E-state index is 13.1. The smallest absolute Gasteiger partial charge is 0.268 e. The van der Waals surface area contributed by atoms with E-state index in [-0.39, 0.29) is 16.5 Å². The fourth-order valence-electron chi connectivity index (χ4n) is 2.23. The first-order chi connectivity index (χ1) is 11.9. The van der Waals surface area contributed by atoms with Crippen LogP contribution in [0.15, 0.2) is 41.3 Å². The van der Waals surface area contributed by atoms with Crippen LogP contribution in [0.4, 0.5) is 9.18 Å². The first-order valence-corrected chi connectivity index (χ1v) is 8.95. The van der Waals surface area contributed by atoms with Crippen molar-refractivity contribution in [2.75, 3.05) is 0 Å². The number of benzene rings is 2. The van der Waals surface area contributed by atoms with E-state index in [2.05, 4.69) is 0 Å². The Bertz CT molecular complexity index is 917. The highest BCUT2D eigenvalue weighted by atomic mass is 35.5. The van der Waals surface area contributed by atoms with Crippen molar-refractivity contribution in [3.63, 3.8) is 0 Å². The summed E-state index contributed by atoms with van der Waals surface area (Å²) in [5.74, 6) is -0.954. The van der Waals surface area contributed by atoms with Gasteiger partial charge in [-0.2, -0.15) is 0 Å². The molecule has 0 bridgehead atoms. The van der Waals surface area contributed by atoms with Gasteiger partial charge in [0, 0.05) is 5.02 Å². The molecule has 1 heterocycles. The predicted molar refractivity (Wildman–Crippen MR) is 99.4 cm³/mol. The van der Waals surface area contributed by atoms with Crippen molar-refractivity contribution in [3.05, 3.63) is 73.3 Å². The van der Waals surface area contributed by atoms with E-state index in [0.29, 0.717) is 21.2 Å². The van der Waals surface area contributed by atoms with E-state index in [0.717, 1.165) is 22.7 Å². The Hall–Kier alpha value is -1.53. The van der Waals surface area contributed by atoms with Crippen molar-refractivity contribution in [1.82, 2.24) is 4.90 Å². The minimum Gasteiger partial charge on any atom is -0.268 e. The minimum absolute atomic E-state index is 0.0373. The quantitative estimate of drug-likeness (QED) is 0.574. The predicted octanol–water partition coefficient (Wildman–Crippen LogP) is 6.02. The van der Waals surface area contributed by atoms with Gasteiger partial charge in [0.2, 0.25) is 0 Å². The standard InChI is InChI=1S/C17H9Cl3FNO2S/c18-12-3-1-2-9(15(12)20)6-14-16(23)22(17(24)25-14)8-10-4-5-11(21)7-13(10)19/h1-7H,8H2/b14-6+. The van der Waals surface area contributed by atoms with Crippen LogP contribution in [0, 0.1) is 5.82 Å². The molecule has 128 valence electrons. The molecule has 0 aliphatic carbocycles. The summed E-state index contributed by atoms with van der Waals surface area (Å²) in [4.78, 5) is 26.0. The molecular formula is C17H9Cl3FNO2S. The molecule has 25 heavy (non-hydrogen) atoms. The van der Waals surface area contributed by atoms with Crippen molar-refractivity contribution in [2.24, 2.45) is 0 Å². The molecule has 0 saturated carbocycles. The number of hydrogen-bond donors (Lipinski definition) is 0. The topological polar surface area (TPSA) is 37.4 Å². The van der Waals surface area contributed by atoms with Gasteiger partial charge in [-0.25, -0.2) is 4.39 Å². The van der Waals surface area contributed by atoms with Gasteiger partial charge in [0.15, 0.2) is 0 Å². The lowest BCUT2D eigenvalue weighted by atomic mass is 10.2. The summed E-state index contributed by atoms with van der Waals surface area (Å²) in [5, 5.41) is 0.376. The fraction of sp³-hybridized carbons (Fsp3) is 0.0588. The lowest BCUT2D eigenvalue weighted by Crippen LogP contribution is -2.27. The number of rotatable bonds is 3. The second-order valence-electron chi connectivity index (χ2n) is 5.15. The molecule has 0 atom stereocenters. The molecule has 2 aromatic carbocycles. The maximum atomic E-state index is 13.1. The number of thioether (sulfide) groups is 1. The SMILES string of the molecule is O=C1S/C(=C/c2cccc(Cl)c2Cl)C(=O)N1Cc1ccc(F)cc1Cl. The molecule has 3 nitrogen and oxygen atoms in total. The number of carbonyl (C=O) groups is 2. The molecule has 2 aromatic rings. The summed E-state index contributed by atoms with van der Waals surface area (Å²) in [6.45, 7) is -0.0373. The number of amides is 2. The van der Waals surface area contributed by atoms with Crippen LogP contribution in [-0.4, -0.2) is 16.0 Å². The van der Waals surface area contributed by atoms with Gasteiger partial charge in [-0.3, -0.25) is 14.5 Å². The Morgan fingerprint density at radius 3 is 2.56 bits per heavy atom. The zero-order chi connectivity index (χ0) is 18.1. The maximum Gasteiger partial charge on any atom is 0.293 e. The first kappa shape index (κ1) is 18.3. The third kappa shape index (κ3) is 3.85. The van der Waals surface area contributed by atoms with E-state index < -0.39 is 17.0 Å². The van der Waals surface area contributed by atoms with Crippen molar-refractivity contribution in [2.45, 2.75) is 6.54 Å². The fourth-order valence-corrected chi connectivity index (χ4v) is 3.65. The molecule has 0 aromatic heterocycles. The van der Waals surface area contributed by atoms with Crippen molar-refractivity contribution in [3.8, 4) is 0 Å². The summed E-state index contributed by atoms with van der Waals surface area (Å²) in [5.41, 5.74) is 1.02. The second kappa shape index (κ2) is 7.38. The van der Waals surface area contributed by atoms with Crippen LogP contribution in [0.3, 0.4) is 0 Å². The molecule has 1 saturated heterocycles. The highest BCUT2D eigenvalue weighted by Crippen LogP contribution is 2.36. The largest absolute Gasteiger partial charge is 0.293 e. The molecule has 0 radical (unpaired) electrons. The van der Waals surface area contributed by atoms with Gasteiger partial charge in [0.1, 0.15) is 5.82 Å². The van der Waals surface area contributed by atoms with Crippen LogP contribution in [-0.2, 0) is 11.3 Å². The Morgan fingerprint density at radius 2 is 1.84 bits per heavy atom. The van der Waals surface area contributed by atoms with Gasteiger partial charge < -0.3 is 0 Å². The number of imide groups is 1. The summed E-state index contributed by atoms with van der Waals surface area (Å²) >= 11 is 18.8. The molecule has 0 unspecified atom stereocenters. The summed E-state index contributed by atoms with van der Waals surface area (Å²) in [6.07, 6.45) is 1.52. The molecule has 8 heteroatoms. The van der Waals surface area contributed by atoms with E-state index in [4.69, 9.17) is 34.8 Å². The van der Waals surface area contributed by atoms with Crippen LogP contribution in [0.5, 0.6) is 0 Å². The Balaban J connectivity index is 1.87. The van der Waals surface area contributed by atoms with Crippen molar-refractivity contribution < 1.29 is 14.0 Å². The summed E-state index contributed by atoms with van der Waals surface area (Å²) < 4.78 is 13.1. The molecule has 0 N–H and O–H groups in total. The van der Waals surface area contributed by atoms with Crippen LogP contribution < -0.4 is 0 Å². The van der Waals surface area contributed by atoms with Crippen molar-refractivity contribution >= 4 is 63.8 Å². The molecule has 3 rings (SSSR count). The lowest BCUT2D eigenvalue weighted by molar-refractivity contribution is -0.123. The highest BCUT2D eigenvalue weighted by Gasteiger charge is 2.35. The molecular weight excluding hydrogens is 408 g/mol. The van der Waals surface area contributed by atoms with Gasteiger partial charge in [0.25, 0.3) is 11.1 Å². The van der Waals surface area contributed by atoms with Crippen molar-refractivity contribution in [1.29, 1.82) is 0 Å². The van der Waals surface area contributed by atoms with E-state index in [1.54, 1.807) is 18.2 Å². The molecule has 2 amide bonds. The monoisotopic (exact) mass is 415 g/mol. The zero-order valence-electron chi connectivity index (χ0n) is 12.4. The van der Waals surface area contributed by atoms with E-state index in [1.165, 1.54) is 18.2 Å². The molecule has 1 aliphatic rings. The van der Waals surface area contributed by atoms with Crippen LogP contribution in [0.2, 0.25) is 15.1 Å². The van der Waals surface area contributed by atoms with Gasteiger partial charge in [-0.15, -0.1) is 0 Å². The first-order valence-electron chi connectivity index (χ1n) is 7.00. The number of halogens is 4. The lowest BCUT2D eigenvalue weighted by Gasteiger charge is -2.13. The van der Waals surface area contributed by atoms with Gasteiger partial charge in [-0.1, -0.05) is 53.0 Å². The van der Waals surface area contributed by atoms with E-state index in [9.17, 15) is 14.0 Å². The third-order valence-corrected chi connectivity index (χ3v) is 5.58. The average Bonchev–Trinajstić information content (AvgIpc) is 2.81. The van der Waals surface area contributed by atoms with E-state index >= 15 is 0 Å². The Kier molecular flexibility index (Phi) is 5.39. The highest BCUT2D eigenvalue weighted by molar-refractivity contribution is 8.18. The Labute approximate surface area is 162 Å². The molecule has 1 fully saturated rings. The number of carbonyl (C=O) groups excluding carboxylic acids is 2. The molecule has 0 spiro atoms. The summed E-state index contributed by atoms with van der Waals surface area (Å²) in [7, 11) is 0. The van der Waals surface area contributed by atoms with Gasteiger partial charge >= 0.3 is 0 Å². The number of hydrogen-bond acceptors (Lipinski definition) is 3. The zero-order valence-corrected chi connectivity index (χ0v) is 15.5. The van der Waals surface area contributed by atoms with E-state index in [1.807, 2.05) is 0 Å². The van der Waals surface area contributed by atoms with Crippen LogP contribution in [0.1, 0.15) is 11.1 Å². The summed E-state index contributed by atoms with van der Waals surface area (Å²) in [6, 6.07) is 8.82. The molecule has 1 aliphatic heterocycles.